The molecule has 1 aliphatic rings. The van der Waals surface area contributed by atoms with Crippen molar-refractivity contribution in [1.29, 1.82) is 0 Å². The van der Waals surface area contributed by atoms with Crippen molar-refractivity contribution < 1.29 is 19.4 Å². The predicted molar refractivity (Wildman–Crippen MR) is 74.4 cm³/mol. The van der Waals surface area contributed by atoms with Crippen LogP contribution in [0.25, 0.3) is 0 Å². The molecule has 0 saturated heterocycles. The molecule has 5 heteroatoms. The molecule has 0 bridgehead atoms. The van der Waals surface area contributed by atoms with Crippen molar-refractivity contribution in [1.82, 2.24) is 5.32 Å². The lowest BCUT2D eigenvalue weighted by Crippen LogP contribution is -2.38. The third kappa shape index (κ3) is 4.08. The van der Waals surface area contributed by atoms with Crippen LogP contribution in [0.2, 0.25) is 0 Å². The van der Waals surface area contributed by atoms with Crippen molar-refractivity contribution >= 4 is 5.78 Å². The first-order valence-corrected chi connectivity index (χ1v) is 6.52. The number of benzene rings is 1. The highest BCUT2D eigenvalue weighted by Gasteiger charge is 2.18. The van der Waals surface area contributed by atoms with Crippen LogP contribution in [0.15, 0.2) is 36.0 Å². The molecule has 108 valence electrons. The largest absolute Gasteiger partial charge is 0.497 e. The molecule has 0 fully saturated rings. The highest BCUT2D eigenvalue weighted by molar-refractivity contribution is 5.91. The van der Waals surface area contributed by atoms with E-state index in [0.717, 1.165) is 11.3 Å². The average Bonchev–Trinajstić information content (AvgIpc) is 2.47. The van der Waals surface area contributed by atoms with Gasteiger partial charge in [0.15, 0.2) is 5.78 Å². The molecule has 5 nitrogen and oxygen atoms in total. The van der Waals surface area contributed by atoms with Gasteiger partial charge in [0.1, 0.15) is 5.75 Å². The lowest BCUT2D eigenvalue weighted by atomic mass is 10.1. The zero-order valence-electron chi connectivity index (χ0n) is 11.5. The van der Waals surface area contributed by atoms with Crippen LogP contribution in [-0.4, -0.2) is 37.3 Å². The first-order valence-electron chi connectivity index (χ1n) is 6.52. The minimum atomic E-state index is -0.202. The van der Waals surface area contributed by atoms with E-state index >= 15 is 0 Å². The highest BCUT2D eigenvalue weighted by atomic mass is 16.5. The van der Waals surface area contributed by atoms with Crippen molar-refractivity contribution in [2.45, 2.75) is 19.1 Å². The zero-order chi connectivity index (χ0) is 14.4. The topological polar surface area (TPSA) is 67.8 Å². The number of ketones is 1. The number of aliphatic hydroxyl groups is 1. The molecule has 2 rings (SSSR count). The summed E-state index contributed by atoms with van der Waals surface area (Å²) in [6.45, 7) is 0.733. The summed E-state index contributed by atoms with van der Waals surface area (Å²) in [6.07, 6.45) is 1.87. The predicted octanol–water partition coefficient (Wildman–Crippen LogP) is 1.02. The molecule has 1 atom stereocenters. The number of carbonyl (C=O) groups excluding carboxylic acids is 1. The first-order chi connectivity index (χ1) is 9.71. The fraction of sp³-hybridized carbons (Fsp3) is 0.400. The molecule has 1 aromatic rings. The third-order valence-electron chi connectivity index (χ3n) is 3.08. The molecular formula is C15H19NO4. The second-order valence-corrected chi connectivity index (χ2v) is 4.70. The molecular weight excluding hydrogens is 258 g/mol. The Balaban J connectivity index is 1.81. The summed E-state index contributed by atoms with van der Waals surface area (Å²) < 4.78 is 10.7. The van der Waals surface area contributed by atoms with Gasteiger partial charge in [0, 0.05) is 18.2 Å². The summed E-state index contributed by atoms with van der Waals surface area (Å²) >= 11 is 0. The number of carbonyl (C=O) groups is 1. The number of rotatable bonds is 6. The summed E-state index contributed by atoms with van der Waals surface area (Å²) in [5, 5.41) is 12.2. The van der Waals surface area contributed by atoms with Crippen LogP contribution in [0.4, 0.5) is 0 Å². The SMILES string of the molecule is COc1ccc(COCC2=CC(=O)C[C@H](CO)N2)cc1. The van der Waals surface area contributed by atoms with E-state index in [1.54, 1.807) is 13.2 Å². The van der Waals surface area contributed by atoms with Crippen molar-refractivity contribution in [3.8, 4) is 5.75 Å². The molecule has 0 aliphatic carbocycles. The Hall–Kier alpha value is -1.85. The lowest BCUT2D eigenvalue weighted by Gasteiger charge is -2.23. The van der Waals surface area contributed by atoms with E-state index in [2.05, 4.69) is 5.32 Å². The molecule has 1 aromatic carbocycles. The minimum Gasteiger partial charge on any atom is -0.497 e. The van der Waals surface area contributed by atoms with Gasteiger partial charge in [0.05, 0.1) is 33.0 Å². The zero-order valence-corrected chi connectivity index (χ0v) is 11.5. The van der Waals surface area contributed by atoms with Gasteiger partial charge in [-0.3, -0.25) is 4.79 Å². The van der Waals surface area contributed by atoms with Gasteiger partial charge in [-0.2, -0.15) is 0 Å². The fourth-order valence-corrected chi connectivity index (χ4v) is 2.05. The Bertz CT molecular complexity index is 481. The van der Waals surface area contributed by atoms with Crippen molar-refractivity contribution in [2.24, 2.45) is 0 Å². The normalized spacial score (nSPS) is 18.4. The van der Waals surface area contributed by atoms with E-state index in [4.69, 9.17) is 14.6 Å². The number of allylic oxidation sites excluding steroid dienone is 1. The standard InChI is InChI=1S/C15H19NO4/c1-19-15-4-2-11(3-5-15)9-20-10-13-7-14(18)6-12(8-17)16-13/h2-5,7,12,16-17H,6,8-10H2,1H3/t12-/m1/s1. The molecule has 0 unspecified atom stereocenters. The Morgan fingerprint density at radius 1 is 1.30 bits per heavy atom. The van der Waals surface area contributed by atoms with E-state index in [9.17, 15) is 4.79 Å². The van der Waals surface area contributed by atoms with Crippen molar-refractivity contribution in [2.75, 3.05) is 20.3 Å². The number of nitrogens with one attached hydrogen (secondary N) is 1. The van der Waals surface area contributed by atoms with E-state index in [1.165, 1.54) is 0 Å². The average molecular weight is 277 g/mol. The second kappa shape index (κ2) is 7.07. The van der Waals surface area contributed by atoms with E-state index in [-0.39, 0.29) is 18.4 Å². The number of ether oxygens (including phenoxy) is 2. The van der Waals surface area contributed by atoms with Crippen molar-refractivity contribution in [3.05, 3.63) is 41.6 Å². The summed E-state index contributed by atoms with van der Waals surface area (Å²) in [5.74, 6) is 0.827. The molecule has 0 aromatic heterocycles. The number of hydrogen-bond donors (Lipinski definition) is 2. The molecule has 0 radical (unpaired) electrons. The van der Waals surface area contributed by atoms with Crippen LogP contribution in [-0.2, 0) is 16.1 Å². The van der Waals surface area contributed by atoms with E-state index in [1.807, 2.05) is 24.3 Å². The summed E-state index contributed by atoms with van der Waals surface area (Å²) in [5.41, 5.74) is 1.75. The maximum Gasteiger partial charge on any atom is 0.159 e. The van der Waals surface area contributed by atoms with E-state index in [0.29, 0.717) is 25.3 Å². The van der Waals surface area contributed by atoms with Gasteiger partial charge in [0.2, 0.25) is 0 Å². The molecule has 1 aliphatic heterocycles. The van der Waals surface area contributed by atoms with Crippen LogP contribution < -0.4 is 10.1 Å². The van der Waals surface area contributed by atoms with Crippen LogP contribution in [0.5, 0.6) is 5.75 Å². The van der Waals surface area contributed by atoms with E-state index < -0.39 is 0 Å². The Kier molecular flexibility index (Phi) is 5.15. The first kappa shape index (κ1) is 14.6. The third-order valence-corrected chi connectivity index (χ3v) is 3.08. The minimum absolute atomic E-state index is 0.0193. The van der Waals surface area contributed by atoms with Crippen LogP contribution in [0.1, 0.15) is 12.0 Å². The maximum absolute atomic E-state index is 11.4. The molecule has 20 heavy (non-hydrogen) atoms. The number of aliphatic hydroxyl groups excluding tert-OH is 1. The van der Waals surface area contributed by atoms with Gasteiger partial charge < -0.3 is 19.9 Å². The van der Waals surface area contributed by atoms with Gasteiger partial charge >= 0.3 is 0 Å². The van der Waals surface area contributed by atoms with Crippen LogP contribution in [0, 0.1) is 0 Å². The highest BCUT2D eigenvalue weighted by Crippen LogP contribution is 2.13. The number of methoxy groups -OCH3 is 1. The molecule has 1 heterocycles. The molecule has 0 amide bonds. The second-order valence-electron chi connectivity index (χ2n) is 4.70. The Morgan fingerprint density at radius 2 is 2.05 bits per heavy atom. The summed E-state index contributed by atoms with van der Waals surface area (Å²) in [7, 11) is 1.63. The van der Waals surface area contributed by atoms with Gasteiger partial charge in [-0.15, -0.1) is 0 Å². The Labute approximate surface area is 118 Å². The summed E-state index contributed by atoms with van der Waals surface area (Å²) in [6, 6.07) is 7.42. The van der Waals surface area contributed by atoms with Crippen molar-refractivity contribution in [3.63, 3.8) is 0 Å². The Morgan fingerprint density at radius 3 is 2.70 bits per heavy atom. The molecule has 0 spiro atoms. The maximum atomic E-state index is 11.4. The molecule has 0 saturated carbocycles. The fourth-order valence-electron chi connectivity index (χ4n) is 2.05. The summed E-state index contributed by atoms with van der Waals surface area (Å²) in [4.78, 5) is 11.4. The monoisotopic (exact) mass is 277 g/mol. The van der Waals surface area contributed by atoms with Gasteiger partial charge in [-0.1, -0.05) is 12.1 Å². The quantitative estimate of drug-likeness (QED) is 0.812. The van der Waals surface area contributed by atoms with Crippen LogP contribution in [0.3, 0.4) is 0 Å². The molecule has 2 N–H and O–H groups in total. The number of hydrogen-bond acceptors (Lipinski definition) is 5. The van der Waals surface area contributed by atoms with Gasteiger partial charge in [0.25, 0.3) is 0 Å². The lowest BCUT2D eigenvalue weighted by molar-refractivity contribution is -0.115. The van der Waals surface area contributed by atoms with Gasteiger partial charge in [-0.25, -0.2) is 0 Å². The van der Waals surface area contributed by atoms with Gasteiger partial charge in [-0.05, 0) is 17.7 Å². The van der Waals surface area contributed by atoms with Crippen LogP contribution >= 0.6 is 0 Å². The smallest absolute Gasteiger partial charge is 0.159 e.